The number of rotatable bonds is 3. The fraction of sp³-hybridized carbons (Fsp3) is 0.438. The summed E-state index contributed by atoms with van der Waals surface area (Å²) in [6, 6.07) is 8.18. The zero-order valence-corrected chi connectivity index (χ0v) is 11.9. The normalized spacial score (nSPS) is 19.2. The van der Waals surface area contributed by atoms with Crippen LogP contribution in [0, 0.1) is 13.8 Å². The van der Waals surface area contributed by atoms with Crippen LogP contribution in [0.1, 0.15) is 11.3 Å². The van der Waals surface area contributed by atoms with Crippen LogP contribution >= 0.6 is 0 Å². The minimum Gasteiger partial charge on any atom is -0.490 e. The Bertz CT molecular complexity index is 606. The summed E-state index contributed by atoms with van der Waals surface area (Å²) in [5.74, 6) is 0.866. The molecule has 2 heterocycles. The van der Waals surface area contributed by atoms with Crippen LogP contribution < -0.4 is 4.74 Å². The van der Waals surface area contributed by atoms with Gasteiger partial charge in [0.1, 0.15) is 18.5 Å². The minimum absolute atomic E-state index is 0.0112. The van der Waals surface area contributed by atoms with Crippen LogP contribution in [-0.4, -0.2) is 37.5 Å². The van der Waals surface area contributed by atoms with E-state index in [0.29, 0.717) is 26.4 Å². The van der Waals surface area contributed by atoms with Gasteiger partial charge >= 0.3 is 0 Å². The lowest BCUT2D eigenvalue weighted by Crippen LogP contribution is -2.33. The van der Waals surface area contributed by atoms with Crippen molar-refractivity contribution >= 4 is 10.9 Å². The third-order valence-corrected chi connectivity index (χ3v) is 3.36. The first-order valence-electron chi connectivity index (χ1n) is 6.92. The molecule has 0 aliphatic carbocycles. The standard InChI is InChI=1S/C16H19NO3/c1-11-3-4-15-14(7-11)16(8-12(2)17-15)20-10-13-9-18-5-6-19-13/h3-4,7-8,13H,5-6,9-10H2,1-2H3. The van der Waals surface area contributed by atoms with E-state index in [9.17, 15) is 0 Å². The van der Waals surface area contributed by atoms with Gasteiger partial charge in [-0.05, 0) is 26.0 Å². The SMILES string of the molecule is Cc1ccc2nc(C)cc(OCC3COCCO3)c2c1. The van der Waals surface area contributed by atoms with E-state index in [1.165, 1.54) is 5.56 Å². The van der Waals surface area contributed by atoms with Gasteiger partial charge in [0.25, 0.3) is 0 Å². The van der Waals surface area contributed by atoms with Crippen molar-refractivity contribution in [2.45, 2.75) is 20.0 Å². The van der Waals surface area contributed by atoms with Gasteiger partial charge in [-0.2, -0.15) is 0 Å². The van der Waals surface area contributed by atoms with Crippen molar-refractivity contribution in [2.75, 3.05) is 26.4 Å². The van der Waals surface area contributed by atoms with E-state index in [-0.39, 0.29) is 6.10 Å². The Morgan fingerprint density at radius 1 is 1.25 bits per heavy atom. The first-order chi connectivity index (χ1) is 9.72. The molecule has 0 spiro atoms. The topological polar surface area (TPSA) is 40.6 Å². The molecule has 1 aliphatic rings. The molecule has 1 atom stereocenters. The summed E-state index contributed by atoms with van der Waals surface area (Å²) in [6.45, 7) is 6.47. The molecule has 3 rings (SSSR count). The largest absolute Gasteiger partial charge is 0.490 e. The smallest absolute Gasteiger partial charge is 0.130 e. The second-order valence-electron chi connectivity index (χ2n) is 5.16. The van der Waals surface area contributed by atoms with Crippen molar-refractivity contribution in [3.05, 3.63) is 35.5 Å². The molecule has 0 radical (unpaired) electrons. The Kier molecular flexibility index (Phi) is 3.85. The van der Waals surface area contributed by atoms with E-state index in [2.05, 4.69) is 24.0 Å². The maximum atomic E-state index is 5.95. The zero-order valence-electron chi connectivity index (χ0n) is 11.9. The Morgan fingerprint density at radius 2 is 2.15 bits per heavy atom. The molecule has 0 bridgehead atoms. The van der Waals surface area contributed by atoms with E-state index in [4.69, 9.17) is 14.2 Å². The maximum Gasteiger partial charge on any atom is 0.130 e. The van der Waals surface area contributed by atoms with Gasteiger partial charge < -0.3 is 14.2 Å². The third kappa shape index (κ3) is 2.92. The molecular formula is C16H19NO3. The first kappa shape index (κ1) is 13.3. The number of hydrogen-bond donors (Lipinski definition) is 0. The minimum atomic E-state index is 0.0112. The molecule has 106 valence electrons. The summed E-state index contributed by atoms with van der Waals surface area (Å²) in [4.78, 5) is 4.54. The molecule has 1 fully saturated rings. The van der Waals surface area contributed by atoms with E-state index >= 15 is 0 Å². The summed E-state index contributed by atoms with van der Waals surface area (Å²) in [7, 11) is 0. The monoisotopic (exact) mass is 273 g/mol. The molecule has 1 unspecified atom stereocenters. The van der Waals surface area contributed by atoms with Crippen LogP contribution in [0.3, 0.4) is 0 Å². The van der Waals surface area contributed by atoms with Gasteiger partial charge in [0.2, 0.25) is 0 Å². The molecule has 0 saturated carbocycles. The molecule has 0 N–H and O–H groups in total. The van der Waals surface area contributed by atoms with Gasteiger partial charge in [-0.1, -0.05) is 11.6 Å². The molecule has 4 heteroatoms. The highest BCUT2D eigenvalue weighted by Gasteiger charge is 2.16. The average Bonchev–Trinajstić information content (AvgIpc) is 2.46. The summed E-state index contributed by atoms with van der Waals surface area (Å²) >= 11 is 0. The van der Waals surface area contributed by atoms with E-state index in [1.54, 1.807) is 0 Å². The van der Waals surface area contributed by atoms with Crippen molar-refractivity contribution < 1.29 is 14.2 Å². The molecule has 1 aromatic carbocycles. The lowest BCUT2D eigenvalue weighted by atomic mass is 10.1. The Labute approximate surface area is 118 Å². The lowest BCUT2D eigenvalue weighted by Gasteiger charge is -2.23. The number of ether oxygens (including phenoxy) is 3. The molecule has 1 aromatic heterocycles. The maximum absolute atomic E-state index is 5.95. The molecule has 1 aliphatic heterocycles. The summed E-state index contributed by atoms with van der Waals surface area (Å²) in [5.41, 5.74) is 3.12. The highest BCUT2D eigenvalue weighted by atomic mass is 16.6. The Hall–Kier alpha value is -1.65. The predicted molar refractivity (Wildman–Crippen MR) is 77.3 cm³/mol. The van der Waals surface area contributed by atoms with Gasteiger partial charge in [0.05, 0.1) is 25.3 Å². The van der Waals surface area contributed by atoms with Crippen molar-refractivity contribution in [1.29, 1.82) is 0 Å². The number of hydrogen-bond acceptors (Lipinski definition) is 4. The second-order valence-corrected chi connectivity index (χ2v) is 5.16. The fourth-order valence-corrected chi connectivity index (χ4v) is 2.37. The summed E-state index contributed by atoms with van der Waals surface area (Å²) in [5, 5.41) is 1.05. The Morgan fingerprint density at radius 3 is 2.95 bits per heavy atom. The number of fused-ring (bicyclic) bond motifs is 1. The number of aryl methyl sites for hydroxylation is 2. The van der Waals surface area contributed by atoms with Gasteiger partial charge in [-0.3, -0.25) is 4.98 Å². The summed E-state index contributed by atoms with van der Waals surface area (Å²) in [6.07, 6.45) is 0.0112. The zero-order chi connectivity index (χ0) is 13.9. The predicted octanol–water partition coefficient (Wildman–Crippen LogP) is 2.65. The van der Waals surface area contributed by atoms with E-state index < -0.39 is 0 Å². The number of pyridine rings is 1. The molecule has 20 heavy (non-hydrogen) atoms. The van der Waals surface area contributed by atoms with Crippen molar-refractivity contribution in [1.82, 2.24) is 4.98 Å². The van der Waals surface area contributed by atoms with Gasteiger partial charge in [-0.25, -0.2) is 0 Å². The van der Waals surface area contributed by atoms with E-state index in [1.807, 2.05) is 19.1 Å². The third-order valence-electron chi connectivity index (χ3n) is 3.36. The van der Waals surface area contributed by atoms with Gasteiger partial charge in [0, 0.05) is 17.1 Å². The molecule has 2 aromatic rings. The lowest BCUT2D eigenvalue weighted by molar-refractivity contribution is -0.101. The number of aromatic nitrogens is 1. The van der Waals surface area contributed by atoms with Crippen LogP contribution in [0.4, 0.5) is 0 Å². The molecular weight excluding hydrogens is 254 g/mol. The van der Waals surface area contributed by atoms with Crippen molar-refractivity contribution in [3.63, 3.8) is 0 Å². The highest BCUT2D eigenvalue weighted by molar-refractivity contribution is 5.85. The van der Waals surface area contributed by atoms with Crippen LogP contribution in [0.5, 0.6) is 5.75 Å². The average molecular weight is 273 g/mol. The van der Waals surface area contributed by atoms with Crippen LogP contribution in [0.2, 0.25) is 0 Å². The Balaban J connectivity index is 1.83. The molecule has 1 saturated heterocycles. The van der Waals surface area contributed by atoms with Gasteiger partial charge in [-0.15, -0.1) is 0 Å². The van der Waals surface area contributed by atoms with Crippen LogP contribution in [0.15, 0.2) is 24.3 Å². The van der Waals surface area contributed by atoms with Crippen LogP contribution in [-0.2, 0) is 9.47 Å². The fourth-order valence-electron chi connectivity index (χ4n) is 2.37. The number of nitrogens with zero attached hydrogens (tertiary/aromatic N) is 1. The molecule has 0 amide bonds. The van der Waals surface area contributed by atoms with Crippen molar-refractivity contribution in [3.8, 4) is 5.75 Å². The second kappa shape index (κ2) is 5.77. The van der Waals surface area contributed by atoms with Crippen LogP contribution in [0.25, 0.3) is 10.9 Å². The van der Waals surface area contributed by atoms with E-state index in [0.717, 1.165) is 22.3 Å². The quantitative estimate of drug-likeness (QED) is 0.862. The highest BCUT2D eigenvalue weighted by Crippen LogP contribution is 2.26. The summed E-state index contributed by atoms with van der Waals surface area (Å²) < 4.78 is 16.9. The first-order valence-corrected chi connectivity index (χ1v) is 6.92. The number of benzene rings is 1. The molecule has 4 nitrogen and oxygen atoms in total. The van der Waals surface area contributed by atoms with Crippen molar-refractivity contribution in [2.24, 2.45) is 0 Å². The van der Waals surface area contributed by atoms with Gasteiger partial charge in [0.15, 0.2) is 0 Å².